The predicted molar refractivity (Wildman–Crippen MR) is 72.3 cm³/mol. The van der Waals surface area contributed by atoms with E-state index in [1.165, 1.54) is 23.6 Å². The number of benzene rings is 1. The maximum Gasteiger partial charge on any atom is 0.0652 e. The fourth-order valence-corrected chi connectivity index (χ4v) is 2.38. The Labute approximate surface area is 107 Å². The van der Waals surface area contributed by atoms with Gasteiger partial charge in [0.1, 0.15) is 0 Å². The zero-order valence-corrected chi connectivity index (χ0v) is 10.3. The van der Waals surface area contributed by atoms with Crippen molar-refractivity contribution >= 4 is 10.8 Å². The summed E-state index contributed by atoms with van der Waals surface area (Å²) >= 11 is 0. The molecule has 18 heavy (non-hydrogen) atoms. The molecule has 0 bridgehead atoms. The minimum atomic E-state index is 0.161. The van der Waals surface area contributed by atoms with Crippen LogP contribution in [0.25, 0.3) is 10.8 Å². The van der Waals surface area contributed by atoms with Crippen LogP contribution in [0.2, 0.25) is 0 Å². The Morgan fingerprint density at radius 2 is 2.11 bits per heavy atom. The monoisotopic (exact) mass is 242 g/mol. The van der Waals surface area contributed by atoms with Crippen LogP contribution in [-0.4, -0.2) is 22.7 Å². The number of nitrogens with zero attached hydrogens (tertiary/aromatic N) is 1. The maximum atomic E-state index is 9.24. The molecule has 1 aliphatic carbocycles. The first-order valence-electron chi connectivity index (χ1n) is 6.59. The van der Waals surface area contributed by atoms with Crippen LogP contribution in [0.1, 0.15) is 31.0 Å². The van der Waals surface area contributed by atoms with Gasteiger partial charge in [0.2, 0.25) is 0 Å². The van der Waals surface area contributed by atoms with Crippen LogP contribution in [0.3, 0.4) is 0 Å². The number of hydrogen-bond donors (Lipinski definition) is 2. The molecule has 1 saturated carbocycles. The number of aliphatic hydroxyl groups is 1. The van der Waals surface area contributed by atoms with E-state index in [0.717, 1.165) is 12.1 Å². The van der Waals surface area contributed by atoms with Gasteiger partial charge in [-0.25, -0.2) is 0 Å². The van der Waals surface area contributed by atoms with E-state index >= 15 is 0 Å². The quantitative estimate of drug-likeness (QED) is 0.846. The number of aliphatic hydroxyl groups excluding tert-OH is 1. The minimum absolute atomic E-state index is 0.161. The highest BCUT2D eigenvalue weighted by atomic mass is 16.3. The third-order valence-electron chi connectivity index (χ3n) is 3.47. The van der Waals surface area contributed by atoms with E-state index in [1.54, 1.807) is 0 Å². The summed E-state index contributed by atoms with van der Waals surface area (Å²) in [7, 11) is 0. The highest BCUT2D eigenvalue weighted by molar-refractivity contribution is 5.84. The van der Waals surface area contributed by atoms with Gasteiger partial charge in [-0.05, 0) is 30.7 Å². The molecule has 94 valence electrons. The molecule has 1 atom stereocenters. The van der Waals surface area contributed by atoms with Gasteiger partial charge < -0.3 is 10.4 Å². The third kappa shape index (κ3) is 2.37. The second-order valence-corrected chi connectivity index (χ2v) is 4.92. The van der Waals surface area contributed by atoms with Crippen molar-refractivity contribution in [1.29, 1.82) is 0 Å². The molecule has 2 aromatic rings. The lowest BCUT2D eigenvalue weighted by molar-refractivity contribution is 0.264. The number of hydrogen-bond acceptors (Lipinski definition) is 3. The van der Waals surface area contributed by atoms with Gasteiger partial charge in [-0.15, -0.1) is 0 Å². The molecule has 3 rings (SSSR count). The second kappa shape index (κ2) is 5.04. The Morgan fingerprint density at radius 1 is 1.28 bits per heavy atom. The Hall–Kier alpha value is -1.45. The van der Waals surface area contributed by atoms with Crippen LogP contribution < -0.4 is 5.32 Å². The molecule has 0 unspecified atom stereocenters. The van der Waals surface area contributed by atoms with Crippen LogP contribution in [0.5, 0.6) is 0 Å². The summed E-state index contributed by atoms with van der Waals surface area (Å²) in [6.45, 7) is 0.190. The number of fused-ring (bicyclic) bond motifs is 1. The lowest BCUT2D eigenvalue weighted by Crippen LogP contribution is -2.25. The fourth-order valence-electron chi connectivity index (χ4n) is 2.38. The molecule has 0 aliphatic heterocycles. The Morgan fingerprint density at radius 3 is 2.89 bits per heavy atom. The van der Waals surface area contributed by atoms with Crippen molar-refractivity contribution in [2.75, 3.05) is 6.61 Å². The van der Waals surface area contributed by atoms with E-state index in [4.69, 9.17) is 0 Å². The van der Waals surface area contributed by atoms with Crippen molar-refractivity contribution in [3.05, 3.63) is 42.2 Å². The molecule has 1 aromatic carbocycles. The number of rotatable bonds is 5. The van der Waals surface area contributed by atoms with Gasteiger partial charge in [-0.3, -0.25) is 4.98 Å². The van der Waals surface area contributed by atoms with E-state index in [2.05, 4.69) is 22.4 Å². The van der Waals surface area contributed by atoms with Gasteiger partial charge in [0, 0.05) is 24.2 Å². The highest BCUT2D eigenvalue weighted by Gasteiger charge is 2.26. The van der Waals surface area contributed by atoms with Crippen LogP contribution in [-0.2, 0) is 0 Å². The molecule has 0 radical (unpaired) electrons. The van der Waals surface area contributed by atoms with Gasteiger partial charge in [0.25, 0.3) is 0 Å². The lowest BCUT2D eigenvalue weighted by atomic mass is 10.0. The molecule has 1 aromatic heterocycles. The number of aromatic nitrogens is 1. The van der Waals surface area contributed by atoms with Gasteiger partial charge in [-0.1, -0.05) is 24.3 Å². The third-order valence-corrected chi connectivity index (χ3v) is 3.47. The number of nitrogens with one attached hydrogen (secondary N) is 1. The Balaban J connectivity index is 1.98. The zero-order valence-electron chi connectivity index (χ0n) is 10.3. The van der Waals surface area contributed by atoms with Gasteiger partial charge >= 0.3 is 0 Å². The average molecular weight is 242 g/mol. The molecule has 0 amide bonds. The summed E-state index contributed by atoms with van der Waals surface area (Å²) in [5.74, 6) is 0. The first-order chi connectivity index (χ1) is 8.88. The Kier molecular flexibility index (Phi) is 3.26. The molecule has 3 heteroatoms. The normalized spacial score (nSPS) is 16.9. The zero-order chi connectivity index (χ0) is 12.4. The van der Waals surface area contributed by atoms with Crippen molar-refractivity contribution in [1.82, 2.24) is 10.3 Å². The van der Waals surface area contributed by atoms with E-state index in [0.29, 0.717) is 6.04 Å². The number of pyridine rings is 1. The molecular formula is C15H18N2O. The van der Waals surface area contributed by atoms with Gasteiger partial charge in [-0.2, -0.15) is 0 Å². The second-order valence-electron chi connectivity index (χ2n) is 4.92. The first kappa shape index (κ1) is 11.6. The van der Waals surface area contributed by atoms with Crippen molar-refractivity contribution in [3.8, 4) is 0 Å². The van der Waals surface area contributed by atoms with E-state index < -0.39 is 0 Å². The summed E-state index contributed by atoms with van der Waals surface area (Å²) in [5.41, 5.74) is 1.06. The molecule has 0 saturated heterocycles. The maximum absolute atomic E-state index is 9.24. The van der Waals surface area contributed by atoms with Crippen molar-refractivity contribution in [3.63, 3.8) is 0 Å². The van der Waals surface area contributed by atoms with Gasteiger partial charge in [0.05, 0.1) is 11.7 Å². The SMILES string of the molecule is OCC[C@H](NC1CC1)c1nccc2ccccc12. The standard InChI is InChI=1S/C15H18N2O/c18-10-8-14(17-12-5-6-12)15-13-4-2-1-3-11(13)7-9-16-15/h1-4,7,9,12,14,17-18H,5-6,8,10H2/t14-/m0/s1. The van der Waals surface area contributed by atoms with Crippen LogP contribution in [0, 0.1) is 0 Å². The molecular weight excluding hydrogens is 224 g/mol. The molecule has 1 aliphatic rings. The van der Waals surface area contributed by atoms with E-state index in [9.17, 15) is 5.11 Å². The predicted octanol–water partition coefficient (Wildman–Crippen LogP) is 2.41. The fraction of sp³-hybridized carbons (Fsp3) is 0.400. The van der Waals surface area contributed by atoms with Crippen LogP contribution in [0.15, 0.2) is 36.5 Å². The molecule has 1 heterocycles. The van der Waals surface area contributed by atoms with Gasteiger partial charge in [0.15, 0.2) is 0 Å². The summed E-state index contributed by atoms with van der Waals surface area (Å²) in [6, 6.07) is 11.1. The highest BCUT2D eigenvalue weighted by Crippen LogP contribution is 2.28. The van der Waals surface area contributed by atoms with Crippen LogP contribution >= 0.6 is 0 Å². The van der Waals surface area contributed by atoms with Crippen molar-refractivity contribution in [2.45, 2.75) is 31.3 Å². The smallest absolute Gasteiger partial charge is 0.0652 e. The van der Waals surface area contributed by atoms with Crippen molar-refractivity contribution < 1.29 is 5.11 Å². The molecule has 1 fully saturated rings. The van der Waals surface area contributed by atoms with E-state index in [-0.39, 0.29) is 12.6 Å². The summed E-state index contributed by atoms with van der Waals surface area (Å²) in [4.78, 5) is 4.53. The lowest BCUT2D eigenvalue weighted by Gasteiger charge is -2.18. The van der Waals surface area contributed by atoms with Crippen LogP contribution in [0.4, 0.5) is 0 Å². The molecule has 0 spiro atoms. The van der Waals surface area contributed by atoms with Crippen molar-refractivity contribution in [2.24, 2.45) is 0 Å². The largest absolute Gasteiger partial charge is 0.396 e. The molecule has 3 nitrogen and oxygen atoms in total. The molecule has 2 N–H and O–H groups in total. The summed E-state index contributed by atoms with van der Waals surface area (Å²) in [6.07, 6.45) is 5.06. The summed E-state index contributed by atoms with van der Waals surface area (Å²) in [5, 5.41) is 15.2. The first-order valence-corrected chi connectivity index (χ1v) is 6.59. The summed E-state index contributed by atoms with van der Waals surface area (Å²) < 4.78 is 0. The minimum Gasteiger partial charge on any atom is -0.396 e. The Bertz CT molecular complexity index is 532. The topological polar surface area (TPSA) is 45.1 Å². The van der Waals surface area contributed by atoms with E-state index in [1.807, 2.05) is 24.4 Å². The average Bonchev–Trinajstić information content (AvgIpc) is 3.22.